The second-order valence-electron chi connectivity index (χ2n) is 8.75. The van der Waals surface area contributed by atoms with Crippen LogP contribution in [0.4, 0.5) is 5.69 Å². The largest absolute Gasteiger partial charge is 0.379 e. The van der Waals surface area contributed by atoms with E-state index in [9.17, 15) is 9.59 Å². The van der Waals surface area contributed by atoms with Crippen molar-refractivity contribution in [3.63, 3.8) is 0 Å². The van der Waals surface area contributed by atoms with Crippen molar-refractivity contribution in [3.8, 4) is 0 Å². The summed E-state index contributed by atoms with van der Waals surface area (Å²) in [5.74, 6) is 2.21. The van der Waals surface area contributed by atoms with Crippen molar-refractivity contribution < 1.29 is 14.3 Å². The number of fused-ring (bicyclic) bond motifs is 1. The Balaban J connectivity index is 1.24. The summed E-state index contributed by atoms with van der Waals surface area (Å²) in [5, 5.41) is 3.06. The molecular formula is C21H24N2O3S2. The number of Topliss-reactive ketones (excluding diaryl/α,β-unsaturated/α-hetero) is 1. The highest BCUT2D eigenvalue weighted by Crippen LogP contribution is 2.71. The molecule has 5 nitrogen and oxygen atoms in total. The normalized spacial score (nSPS) is 30.2. The first-order valence-corrected chi connectivity index (χ1v) is 11.6. The summed E-state index contributed by atoms with van der Waals surface area (Å²) in [6, 6.07) is 5.87. The summed E-state index contributed by atoms with van der Waals surface area (Å²) in [4.78, 5) is 29.5. The van der Waals surface area contributed by atoms with Crippen molar-refractivity contribution in [1.29, 1.82) is 0 Å². The van der Waals surface area contributed by atoms with Gasteiger partial charge in [-0.3, -0.25) is 9.59 Å². The van der Waals surface area contributed by atoms with E-state index in [0.29, 0.717) is 17.6 Å². The molecule has 1 N–H and O–H groups in total. The molecule has 1 heterocycles. The molecule has 0 aliphatic heterocycles. The lowest BCUT2D eigenvalue weighted by molar-refractivity contribution is -0.126. The van der Waals surface area contributed by atoms with E-state index in [2.05, 4.69) is 24.1 Å². The van der Waals surface area contributed by atoms with E-state index in [-0.39, 0.29) is 29.3 Å². The van der Waals surface area contributed by atoms with Gasteiger partial charge in [0.05, 0.1) is 21.7 Å². The molecule has 4 bridgehead atoms. The summed E-state index contributed by atoms with van der Waals surface area (Å²) < 4.78 is 7.57. The number of methoxy groups -OCH3 is 1. The van der Waals surface area contributed by atoms with Crippen molar-refractivity contribution in [2.45, 2.75) is 36.6 Å². The topological polar surface area (TPSA) is 68.3 Å². The Morgan fingerprint density at radius 3 is 2.89 bits per heavy atom. The van der Waals surface area contributed by atoms with E-state index >= 15 is 0 Å². The number of hydrogen-bond acceptors (Lipinski definition) is 6. The van der Waals surface area contributed by atoms with Gasteiger partial charge in [0, 0.05) is 30.4 Å². The number of amides is 1. The molecule has 28 heavy (non-hydrogen) atoms. The summed E-state index contributed by atoms with van der Waals surface area (Å²) >= 11 is 3.40. The first-order chi connectivity index (χ1) is 13.4. The first kappa shape index (κ1) is 18.6. The number of ether oxygens (including phenoxy) is 1. The summed E-state index contributed by atoms with van der Waals surface area (Å²) in [6.45, 7) is 4.18. The van der Waals surface area contributed by atoms with Crippen LogP contribution >= 0.6 is 23.1 Å². The maximum atomic E-state index is 12.7. The second-order valence-corrected chi connectivity index (χ2v) is 11.1. The van der Waals surface area contributed by atoms with Crippen molar-refractivity contribution in [1.82, 2.24) is 4.98 Å². The Labute approximate surface area is 172 Å². The molecule has 4 aliphatic rings. The molecule has 5 unspecified atom stereocenters. The zero-order valence-corrected chi connectivity index (χ0v) is 17.9. The van der Waals surface area contributed by atoms with Crippen LogP contribution in [-0.4, -0.2) is 35.1 Å². The van der Waals surface area contributed by atoms with Gasteiger partial charge < -0.3 is 10.1 Å². The number of thioether (sulfide) groups is 1. The first-order valence-electron chi connectivity index (χ1n) is 9.81. The predicted octanol–water partition coefficient (Wildman–Crippen LogP) is 4.22. The minimum absolute atomic E-state index is 0.0195. The highest BCUT2D eigenvalue weighted by Gasteiger charge is 2.75. The van der Waals surface area contributed by atoms with Crippen LogP contribution in [0.25, 0.3) is 10.2 Å². The number of hydrogen-bond donors (Lipinski definition) is 1. The Morgan fingerprint density at radius 1 is 1.43 bits per heavy atom. The number of anilines is 1. The molecule has 4 aliphatic carbocycles. The van der Waals surface area contributed by atoms with Crippen LogP contribution in [-0.2, 0) is 14.3 Å². The number of benzene rings is 1. The highest BCUT2D eigenvalue weighted by molar-refractivity contribution is 8.01. The van der Waals surface area contributed by atoms with Gasteiger partial charge in [0.25, 0.3) is 0 Å². The van der Waals surface area contributed by atoms with Gasteiger partial charge in [0.2, 0.25) is 5.91 Å². The predicted molar refractivity (Wildman–Crippen MR) is 112 cm³/mol. The van der Waals surface area contributed by atoms with E-state index in [1.54, 1.807) is 30.2 Å². The Morgan fingerprint density at radius 2 is 2.25 bits per heavy atom. The lowest BCUT2D eigenvalue weighted by atomic mass is 9.96. The molecule has 1 amide bonds. The van der Waals surface area contributed by atoms with E-state index in [1.165, 1.54) is 0 Å². The van der Waals surface area contributed by atoms with Gasteiger partial charge in [-0.15, -0.1) is 11.3 Å². The van der Waals surface area contributed by atoms with E-state index < -0.39 is 0 Å². The minimum Gasteiger partial charge on any atom is -0.379 e. The maximum absolute atomic E-state index is 12.7. The van der Waals surface area contributed by atoms with Crippen molar-refractivity contribution in [3.05, 3.63) is 18.2 Å². The smallest absolute Gasteiger partial charge is 0.228 e. The van der Waals surface area contributed by atoms with Gasteiger partial charge in [0.15, 0.2) is 4.34 Å². The number of nitrogens with one attached hydrogen (secondary N) is 1. The van der Waals surface area contributed by atoms with Gasteiger partial charge >= 0.3 is 0 Å². The van der Waals surface area contributed by atoms with Gasteiger partial charge in [0.1, 0.15) is 5.78 Å². The molecule has 4 fully saturated rings. The van der Waals surface area contributed by atoms with E-state index in [4.69, 9.17) is 4.74 Å². The molecule has 0 spiro atoms. The molecule has 6 rings (SSSR count). The van der Waals surface area contributed by atoms with Crippen LogP contribution in [0.15, 0.2) is 22.5 Å². The Bertz CT molecular complexity index is 970. The number of rotatable bonds is 7. The van der Waals surface area contributed by atoms with Crippen molar-refractivity contribution >= 4 is 50.7 Å². The SMILES string of the molecule is COC(C)(C)CCSc1nc2ccc(NC(=O)C3C4CC5C(C4=O)C53)cc2s1. The van der Waals surface area contributed by atoms with Crippen LogP contribution in [0, 0.1) is 29.6 Å². The number of aromatic nitrogens is 1. The highest BCUT2D eigenvalue weighted by atomic mass is 32.2. The van der Waals surface area contributed by atoms with Gasteiger partial charge in [-0.25, -0.2) is 4.98 Å². The molecule has 148 valence electrons. The van der Waals surface area contributed by atoms with Crippen LogP contribution < -0.4 is 5.32 Å². The Hall–Kier alpha value is -1.44. The molecule has 0 radical (unpaired) electrons. The average Bonchev–Trinajstić information content (AvgIpc) is 3.02. The average molecular weight is 417 g/mol. The van der Waals surface area contributed by atoms with E-state index in [0.717, 1.165) is 38.8 Å². The number of carbonyl (C=O) groups is 2. The van der Waals surface area contributed by atoms with Gasteiger partial charge in [-0.05, 0) is 56.7 Å². The quantitative estimate of drug-likeness (QED) is 0.685. The third-order valence-corrected chi connectivity index (χ3v) is 8.88. The maximum Gasteiger partial charge on any atom is 0.228 e. The standard InChI is InChI=1S/C21H24N2O3S2/c1-21(2,26-3)6-7-27-20-23-13-5-4-10(8-14(13)28-20)22-19(25)17-12-9-11-15(17)16(11)18(12)24/h4-5,8,11-12,15-17H,6-7,9H2,1-3H3,(H,22,25). The zero-order chi connectivity index (χ0) is 19.6. The van der Waals surface area contributed by atoms with Crippen LogP contribution in [0.5, 0.6) is 0 Å². The fraction of sp³-hybridized carbons (Fsp3) is 0.571. The molecular weight excluding hydrogens is 392 g/mol. The minimum atomic E-state index is -0.121. The van der Waals surface area contributed by atoms with Crippen LogP contribution in [0.3, 0.4) is 0 Å². The number of thiazole rings is 1. The molecule has 0 saturated heterocycles. The summed E-state index contributed by atoms with van der Waals surface area (Å²) in [7, 11) is 1.74. The molecule has 1 aromatic carbocycles. The Kier molecular flexibility index (Phi) is 4.34. The fourth-order valence-corrected chi connectivity index (χ4v) is 7.38. The molecule has 5 atom stereocenters. The molecule has 7 heteroatoms. The lowest BCUT2D eigenvalue weighted by Gasteiger charge is -2.21. The summed E-state index contributed by atoms with van der Waals surface area (Å²) in [6.07, 6.45) is 1.89. The van der Waals surface area contributed by atoms with E-state index in [1.807, 2.05) is 18.2 Å². The zero-order valence-electron chi connectivity index (χ0n) is 16.2. The molecule has 1 aromatic heterocycles. The number of carbonyl (C=O) groups excluding carboxylic acids is 2. The van der Waals surface area contributed by atoms with Gasteiger partial charge in [-0.1, -0.05) is 11.8 Å². The number of nitrogens with zero attached hydrogens (tertiary/aromatic N) is 1. The van der Waals surface area contributed by atoms with Crippen molar-refractivity contribution in [2.75, 3.05) is 18.2 Å². The van der Waals surface area contributed by atoms with Crippen molar-refractivity contribution in [2.24, 2.45) is 29.6 Å². The van der Waals surface area contributed by atoms with Crippen LogP contribution in [0.2, 0.25) is 0 Å². The van der Waals surface area contributed by atoms with Crippen LogP contribution in [0.1, 0.15) is 26.7 Å². The third-order valence-electron chi connectivity index (χ3n) is 6.72. The lowest BCUT2D eigenvalue weighted by Crippen LogP contribution is -2.27. The number of ketones is 1. The fourth-order valence-electron chi connectivity index (χ4n) is 4.96. The second kappa shape index (κ2) is 6.54. The summed E-state index contributed by atoms with van der Waals surface area (Å²) in [5.41, 5.74) is 1.63. The third kappa shape index (κ3) is 2.99. The van der Waals surface area contributed by atoms with Gasteiger partial charge in [-0.2, -0.15) is 0 Å². The molecule has 2 aromatic rings. The monoisotopic (exact) mass is 416 g/mol. The molecule has 4 saturated carbocycles.